The third-order valence-corrected chi connectivity index (χ3v) is 3.55. The highest BCUT2D eigenvalue weighted by Gasteiger charge is 2.29. The number of aliphatic hydroxyl groups is 1. The second-order valence-corrected chi connectivity index (χ2v) is 5.16. The maximum absolute atomic E-state index is 9.27. The minimum atomic E-state index is -0.0599. The molecule has 0 saturated heterocycles. The van der Waals surface area contributed by atoms with Gasteiger partial charge in [-0.05, 0) is 37.1 Å². The normalized spacial score (nSPS) is 14.7. The minimum absolute atomic E-state index is 0.0599. The molecule has 1 heterocycles. The Kier molecular flexibility index (Phi) is 3.21. The van der Waals surface area contributed by atoms with Crippen molar-refractivity contribution in [1.29, 1.82) is 0 Å². The summed E-state index contributed by atoms with van der Waals surface area (Å²) in [6.45, 7) is -0.0599. The molecule has 0 amide bonds. The lowest BCUT2D eigenvalue weighted by Crippen LogP contribution is -2.04. The number of aromatic nitrogens is 2. The van der Waals surface area contributed by atoms with Crippen LogP contribution in [-0.4, -0.2) is 22.0 Å². The first-order chi connectivity index (χ1) is 9.22. The average Bonchev–Trinajstić information content (AvgIpc) is 3.18. The van der Waals surface area contributed by atoms with E-state index in [0.29, 0.717) is 16.6 Å². The summed E-state index contributed by atoms with van der Waals surface area (Å²) in [7, 11) is 1.62. The molecule has 0 radical (unpaired) electrons. The van der Waals surface area contributed by atoms with Gasteiger partial charge in [0.15, 0.2) is 0 Å². The van der Waals surface area contributed by atoms with Crippen molar-refractivity contribution in [3.8, 4) is 11.4 Å². The highest BCUT2D eigenvalue weighted by molar-refractivity contribution is 6.30. The van der Waals surface area contributed by atoms with E-state index < -0.39 is 0 Å². The van der Waals surface area contributed by atoms with Gasteiger partial charge in [-0.15, -0.1) is 0 Å². The highest BCUT2D eigenvalue weighted by atomic mass is 35.5. The number of rotatable bonds is 4. The molecule has 19 heavy (non-hydrogen) atoms. The first-order valence-electron chi connectivity index (χ1n) is 6.26. The molecule has 2 aromatic rings. The van der Waals surface area contributed by atoms with Crippen LogP contribution in [0.1, 0.15) is 30.1 Å². The topological polar surface area (TPSA) is 47.3 Å². The lowest BCUT2D eigenvalue weighted by Gasteiger charge is -2.11. The van der Waals surface area contributed by atoms with Crippen molar-refractivity contribution in [1.82, 2.24) is 9.78 Å². The molecule has 1 aliphatic rings. The zero-order valence-corrected chi connectivity index (χ0v) is 11.4. The summed E-state index contributed by atoms with van der Waals surface area (Å²) in [5.41, 5.74) is 2.60. The minimum Gasteiger partial charge on any atom is -0.494 e. The Labute approximate surface area is 116 Å². The molecule has 1 saturated carbocycles. The molecular weight excluding hydrogens is 264 g/mol. The summed E-state index contributed by atoms with van der Waals surface area (Å²) >= 11 is 6.07. The molecule has 0 atom stereocenters. The summed E-state index contributed by atoms with van der Waals surface area (Å²) < 4.78 is 7.21. The van der Waals surface area contributed by atoms with Crippen molar-refractivity contribution < 1.29 is 9.84 Å². The summed E-state index contributed by atoms with van der Waals surface area (Å²) in [6, 6.07) is 7.41. The SMILES string of the molecule is COc1ccc(Cl)cc1-n1nc(CO)cc1C1CC1. The van der Waals surface area contributed by atoms with E-state index in [-0.39, 0.29) is 6.61 Å². The van der Waals surface area contributed by atoms with E-state index in [0.717, 1.165) is 17.1 Å². The smallest absolute Gasteiger partial charge is 0.144 e. The van der Waals surface area contributed by atoms with Crippen molar-refractivity contribution in [2.75, 3.05) is 7.11 Å². The zero-order valence-electron chi connectivity index (χ0n) is 10.6. The Hall–Kier alpha value is -1.52. The molecule has 1 aliphatic carbocycles. The quantitative estimate of drug-likeness (QED) is 0.935. The Balaban J connectivity index is 2.15. The van der Waals surface area contributed by atoms with E-state index in [1.165, 1.54) is 12.8 Å². The number of ether oxygens (including phenoxy) is 1. The Morgan fingerprint density at radius 3 is 2.84 bits per heavy atom. The fourth-order valence-corrected chi connectivity index (χ4v) is 2.38. The molecule has 1 aromatic heterocycles. The molecule has 0 spiro atoms. The number of halogens is 1. The van der Waals surface area contributed by atoms with Crippen molar-refractivity contribution >= 4 is 11.6 Å². The van der Waals surface area contributed by atoms with Crippen LogP contribution in [0.25, 0.3) is 5.69 Å². The summed E-state index contributed by atoms with van der Waals surface area (Å²) in [4.78, 5) is 0. The molecule has 3 rings (SSSR count). The van der Waals surface area contributed by atoms with E-state index in [1.807, 2.05) is 22.9 Å². The molecule has 4 nitrogen and oxygen atoms in total. The third kappa shape index (κ3) is 2.33. The van der Waals surface area contributed by atoms with Crippen molar-refractivity contribution in [2.24, 2.45) is 0 Å². The van der Waals surface area contributed by atoms with Crippen LogP contribution in [0.4, 0.5) is 0 Å². The fourth-order valence-electron chi connectivity index (χ4n) is 2.22. The van der Waals surface area contributed by atoms with Crippen LogP contribution in [-0.2, 0) is 6.61 Å². The molecule has 0 aliphatic heterocycles. The van der Waals surface area contributed by atoms with Gasteiger partial charge in [-0.25, -0.2) is 4.68 Å². The number of aliphatic hydroxyl groups excluding tert-OH is 1. The second kappa shape index (κ2) is 4.87. The summed E-state index contributed by atoms with van der Waals surface area (Å²) in [5, 5.41) is 14.3. The predicted octanol–water partition coefficient (Wildman–Crippen LogP) is 2.90. The number of nitrogens with zero attached hydrogens (tertiary/aromatic N) is 2. The summed E-state index contributed by atoms with van der Waals surface area (Å²) in [5.74, 6) is 1.25. The fraction of sp³-hybridized carbons (Fsp3) is 0.357. The number of hydrogen-bond donors (Lipinski definition) is 1. The van der Waals surface area contributed by atoms with Gasteiger partial charge in [-0.2, -0.15) is 5.10 Å². The van der Waals surface area contributed by atoms with Crippen molar-refractivity contribution in [3.63, 3.8) is 0 Å². The molecule has 5 heteroatoms. The largest absolute Gasteiger partial charge is 0.494 e. The standard InChI is InChI=1S/C14H15ClN2O2/c1-19-14-5-4-10(15)6-13(14)17-12(9-2-3-9)7-11(8-18)16-17/h4-7,9,18H,2-3,8H2,1H3. The van der Waals surface area contributed by atoms with Crippen LogP contribution in [0.3, 0.4) is 0 Å². The van der Waals surface area contributed by atoms with Crippen molar-refractivity contribution in [3.05, 3.63) is 40.7 Å². The Bertz CT molecular complexity index is 605. The van der Waals surface area contributed by atoms with E-state index in [1.54, 1.807) is 13.2 Å². The first-order valence-corrected chi connectivity index (χ1v) is 6.64. The summed E-state index contributed by atoms with van der Waals surface area (Å²) in [6.07, 6.45) is 2.33. The van der Waals surface area contributed by atoms with Gasteiger partial charge in [-0.1, -0.05) is 11.6 Å². The predicted molar refractivity (Wildman–Crippen MR) is 73.0 cm³/mol. The third-order valence-electron chi connectivity index (χ3n) is 3.31. The van der Waals surface area contributed by atoms with Crippen LogP contribution in [0.2, 0.25) is 5.02 Å². The Morgan fingerprint density at radius 2 is 2.21 bits per heavy atom. The van der Waals surface area contributed by atoms with Gasteiger partial charge >= 0.3 is 0 Å². The van der Waals surface area contributed by atoms with E-state index in [9.17, 15) is 5.11 Å². The van der Waals surface area contributed by atoms with Crippen molar-refractivity contribution in [2.45, 2.75) is 25.4 Å². The molecular formula is C14H15ClN2O2. The van der Waals surface area contributed by atoms with Crippen LogP contribution < -0.4 is 4.74 Å². The van der Waals surface area contributed by atoms with Gasteiger partial charge < -0.3 is 9.84 Å². The zero-order chi connectivity index (χ0) is 13.4. The van der Waals surface area contributed by atoms with Crippen LogP contribution >= 0.6 is 11.6 Å². The van der Waals surface area contributed by atoms with Gasteiger partial charge in [0, 0.05) is 16.6 Å². The lowest BCUT2D eigenvalue weighted by molar-refractivity contribution is 0.276. The van der Waals surface area contributed by atoms with Crippen LogP contribution in [0, 0.1) is 0 Å². The van der Waals surface area contributed by atoms with Gasteiger partial charge in [0.2, 0.25) is 0 Å². The molecule has 1 aromatic carbocycles. The maximum Gasteiger partial charge on any atom is 0.144 e. The monoisotopic (exact) mass is 278 g/mol. The maximum atomic E-state index is 9.27. The van der Waals surface area contributed by atoms with Crippen LogP contribution in [0.5, 0.6) is 5.75 Å². The van der Waals surface area contributed by atoms with Gasteiger partial charge in [-0.3, -0.25) is 0 Å². The molecule has 100 valence electrons. The molecule has 0 unspecified atom stereocenters. The van der Waals surface area contributed by atoms with E-state index in [4.69, 9.17) is 16.3 Å². The molecule has 1 N–H and O–H groups in total. The number of methoxy groups -OCH3 is 1. The molecule has 1 fully saturated rings. The Morgan fingerprint density at radius 1 is 1.42 bits per heavy atom. The number of benzene rings is 1. The van der Waals surface area contributed by atoms with E-state index >= 15 is 0 Å². The highest BCUT2D eigenvalue weighted by Crippen LogP contribution is 2.42. The molecule has 0 bridgehead atoms. The van der Waals surface area contributed by atoms with E-state index in [2.05, 4.69) is 5.10 Å². The first kappa shape index (κ1) is 12.5. The lowest BCUT2D eigenvalue weighted by atomic mass is 10.2. The van der Waals surface area contributed by atoms with Gasteiger partial charge in [0.1, 0.15) is 11.4 Å². The number of hydrogen-bond acceptors (Lipinski definition) is 3. The second-order valence-electron chi connectivity index (χ2n) is 4.72. The average molecular weight is 279 g/mol. The van der Waals surface area contributed by atoms with Gasteiger partial charge in [0.05, 0.1) is 19.4 Å². The van der Waals surface area contributed by atoms with Gasteiger partial charge in [0.25, 0.3) is 0 Å². The van der Waals surface area contributed by atoms with Crippen LogP contribution in [0.15, 0.2) is 24.3 Å².